The normalized spacial score (nSPS) is 13.2. The number of benzene rings is 3. The fraction of sp³-hybridized carbons (Fsp3) is 0.233. The van der Waals surface area contributed by atoms with Gasteiger partial charge in [0.1, 0.15) is 0 Å². The van der Waals surface area contributed by atoms with Crippen LogP contribution in [0.1, 0.15) is 28.8 Å². The lowest BCUT2D eigenvalue weighted by molar-refractivity contribution is -0.387. The Morgan fingerprint density at radius 1 is 0.950 bits per heavy atom. The van der Waals surface area contributed by atoms with Gasteiger partial charge in [-0.05, 0) is 53.8 Å². The Balaban J connectivity index is 1.36. The first-order valence-corrected chi connectivity index (χ1v) is 14.5. The van der Waals surface area contributed by atoms with Crippen LogP contribution in [0.5, 0.6) is 0 Å². The molecule has 0 atom stereocenters. The zero-order chi connectivity index (χ0) is 28.1. The summed E-state index contributed by atoms with van der Waals surface area (Å²) < 4.78 is 28.7. The summed E-state index contributed by atoms with van der Waals surface area (Å²) in [5.74, 6) is 0. The van der Waals surface area contributed by atoms with Gasteiger partial charge in [0, 0.05) is 38.9 Å². The molecule has 9 nitrogen and oxygen atoms in total. The summed E-state index contributed by atoms with van der Waals surface area (Å²) in [4.78, 5) is 17.2. The lowest BCUT2D eigenvalue weighted by Crippen LogP contribution is -2.31. The molecule has 40 heavy (non-hydrogen) atoms. The number of hydrogen-bond acceptors (Lipinski definition) is 7. The molecule has 0 bridgehead atoms. The maximum Gasteiger partial charge on any atom is 0.289 e. The Morgan fingerprint density at radius 3 is 2.45 bits per heavy atom. The number of pyridine rings is 1. The summed E-state index contributed by atoms with van der Waals surface area (Å²) >= 11 is 0. The molecule has 3 aromatic carbocycles. The Labute approximate surface area is 234 Å². The third-order valence-corrected chi connectivity index (χ3v) is 8.89. The number of anilines is 2. The first-order valence-electron chi connectivity index (χ1n) is 13.1. The van der Waals surface area contributed by atoms with Gasteiger partial charge >= 0.3 is 0 Å². The summed E-state index contributed by atoms with van der Waals surface area (Å²) in [5.41, 5.74) is 5.60. The predicted octanol–water partition coefficient (Wildman–Crippen LogP) is 5.38. The first-order chi connectivity index (χ1) is 19.3. The topological polar surface area (TPSA) is 109 Å². The van der Waals surface area contributed by atoms with Crippen molar-refractivity contribution < 1.29 is 13.3 Å². The molecule has 0 aliphatic carbocycles. The first kappa shape index (κ1) is 27.3. The van der Waals surface area contributed by atoms with Crippen molar-refractivity contribution in [3.8, 4) is 0 Å². The predicted molar refractivity (Wildman–Crippen MR) is 156 cm³/mol. The van der Waals surface area contributed by atoms with Crippen LogP contribution in [0.15, 0.2) is 96.0 Å². The summed E-state index contributed by atoms with van der Waals surface area (Å²) in [6.45, 7) is 1.67. The average molecular weight is 558 g/mol. The molecule has 0 saturated heterocycles. The molecule has 0 radical (unpaired) electrons. The average Bonchev–Trinajstić information content (AvgIpc) is 2.97. The van der Waals surface area contributed by atoms with Crippen LogP contribution in [0, 0.1) is 10.1 Å². The number of rotatable bonds is 10. The van der Waals surface area contributed by atoms with Gasteiger partial charge in [-0.25, -0.2) is 8.42 Å². The van der Waals surface area contributed by atoms with E-state index in [1.807, 2.05) is 24.3 Å². The number of nitrogens with one attached hydrogen (secondary N) is 1. The molecule has 0 fully saturated rings. The van der Waals surface area contributed by atoms with Gasteiger partial charge in [-0.15, -0.1) is 0 Å². The van der Waals surface area contributed by atoms with Crippen molar-refractivity contribution in [2.45, 2.75) is 37.4 Å². The summed E-state index contributed by atoms with van der Waals surface area (Å²) in [5, 5.41) is 15.2. The SMILES string of the molecule is CN1CCCc2cccc(NCc3ccc(CN(Cc4ccccn4)S(=O)(=O)c4ccccc4[N+](=O)[O-])cc3)c21. The van der Waals surface area contributed by atoms with Gasteiger partial charge in [-0.2, -0.15) is 4.31 Å². The number of sulfonamides is 1. The molecule has 1 aromatic heterocycles. The second kappa shape index (κ2) is 11.8. The molecule has 0 amide bonds. The van der Waals surface area contributed by atoms with Crippen LogP contribution in [0.2, 0.25) is 0 Å². The lowest BCUT2D eigenvalue weighted by Gasteiger charge is -2.30. The zero-order valence-electron chi connectivity index (χ0n) is 22.2. The van der Waals surface area contributed by atoms with E-state index in [0.717, 1.165) is 36.2 Å². The highest BCUT2D eigenvalue weighted by atomic mass is 32.2. The van der Waals surface area contributed by atoms with Crippen LogP contribution in [0.4, 0.5) is 17.1 Å². The van der Waals surface area contributed by atoms with Crippen LogP contribution in [0.25, 0.3) is 0 Å². The van der Waals surface area contributed by atoms with Crippen LogP contribution in [-0.2, 0) is 36.1 Å². The molecule has 0 spiro atoms. The minimum atomic E-state index is -4.21. The number of nitro groups is 1. The van der Waals surface area contributed by atoms with Crippen LogP contribution >= 0.6 is 0 Å². The monoisotopic (exact) mass is 557 g/mol. The highest BCUT2D eigenvalue weighted by molar-refractivity contribution is 7.89. The smallest absolute Gasteiger partial charge is 0.289 e. The standard InChI is InChI=1S/C30H31N5O4S/c1-33-19-7-9-25-8-6-11-27(30(25)33)32-20-23-14-16-24(17-15-23)21-34(22-26-10-4-5-18-31-26)40(38,39)29-13-3-2-12-28(29)35(36)37/h2-6,8,10-18,32H,7,9,19-22H2,1H3. The second-order valence-electron chi connectivity index (χ2n) is 9.83. The van der Waals surface area contributed by atoms with Crippen LogP contribution < -0.4 is 10.2 Å². The zero-order valence-corrected chi connectivity index (χ0v) is 23.0. The molecule has 5 rings (SSSR count). The van der Waals surface area contributed by atoms with E-state index in [-0.39, 0.29) is 18.0 Å². The largest absolute Gasteiger partial charge is 0.379 e. The van der Waals surface area contributed by atoms with E-state index >= 15 is 0 Å². The van der Waals surface area contributed by atoms with Crippen LogP contribution in [0.3, 0.4) is 0 Å². The Kier molecular flexibility index (Phi) is 8.09. The molecule has 1 aliphatic heterocycles. The van der Waals surface area contributed by atoms with E-state index in [0.29, 0.717) is 12.2 Å². The number of hydrogen-bond donors (Lipinski definition) is 1. The van der Waals surface area contributed by atoms with Gasteiger partial charge in [-0.3, -0.25) is 15.1 Å². The van der Waals surface area contributed by atoms with Crippen molar-refractivity contribution >= 4 is 27.1 Å². The van der Waals surface area contributed by atoms with Gasteiger partial charge in [0.25, 0.3) is 15.7 Å². The fourth-order valence-electron chi connectivity index (χ4n) is 5.03. The van der Waals surface area contributed by atoms with E-state index in [9.17, 15) is 18.5 Å². The third-order valence-electron chi connectivity index (χ3n) is 7.05. The third kappa shape index (κ3) is 5.98. The molecule has 0 unspecified atom stereocenters. The molecule has 10 heteroatoms. The molecule has 4 aromatic rings. The van der Waals surface area contributed by atoms with Crippen molar-refractivity contribution in [1.82, 2.24) is 9.29 Å². The van der Waals surface area contributed by atoms with Gasteiger partial charge in [0.2, 0.25) is 0 Å². The van der Waals surface area contributed by atoms with Crippen molar-refractivity contribution in [3.05, 3.63) is 124 Å². The molecular weight excluding hydrogens is 526 g/mol. The van der Waals surface area contributed by atoms with Gasteiger partial charge < -0.3 is 10.2 Å². The van der Waals surface area contributed by atoms with Crippen molar-refractivity contribution in [1.29, 1.82) is 0 Å². The van der Waals surface area contributed by atoms with E-state index in [4.69, 9.17) is 0 Å². The highest BCUT2D eigenvalue weighted by Crippen LogP contribution is 2.34. The minimum absolute atomic E-state index is 0.0227. The Hall–Kier alpha value is -4.28. The maximum absolute atomic E-state index is 13.7. The quantitative estimate of drug-likeness (QED) is 0.206. The van der Waals surface area contributed by atoms with Gasteiger partial charge in [0.15, 0.2) is 4.90 Å². The minimum Gasteiger partial charge on any atom is -0.379 e. The van der Waals surface area contributed by atoms with Gasteiger partial charge in [0.05, 0.1) is 28.5 Å². The van der Waals surface area contributed by atoms with Crippen molar-refractivity contribution in [2.75, 3.05) is 23.8 Å². The lowest BCUT2D eigenvalue weighted by atomic mass is 10.0. The van der Waals surface area contributed by atoms with E-state index in [2.05, 4.69) is 40.4 Å². The van der Waals surface area contributed by atoms with Crippen molar-refractivity contribution in [3.63, 3.8) is 0 Å². The molecular formula is C30H31N5O4S. The van der Waals surface area contributed by atoms with E-state index in [1.54, 1.807) is 24.4 Å². The summed E-state index contributed by atoms with van der Waals surface area (Å²) in [7, 11) is -2.09. The molecule has 0 saturated carbocycles. The summed E-state index contributed by atoms with van der Waals surface area (Å²) in [6, 6.07) is 24.8. The Bertz CT molecular complexity index is 1590. The summed E-state index contributed by atoms with van der Waals surface area (Å²) in [6.07, 6.45) is 3.82. The fourth-order valence-corrected chi connectivity index (χ4v) is 6.59. The number of nitro benzene ring substituents is 1. The second-order valence-corrected chi connectivity index (χ2v) is 11.7. The number of para-hydroxylation sites is 2. The number of aromatic nitrogens is 1. The van der Waals surface area contributed by atoms with E-state index in [1.165, 1.54) is 39.8 Å². The van der Waals surface area contributed by atoms with E-state index < -0.39 is 20.6 Å². The number of fused-ring (bicyclic) bond motifs is 1. The molecule has 1 N–H and O–H groups in total. The highest BCUT2D eigenvalue weighted by Gasteiger charge is 2.32. The number of nitrogens with zero attached hydrogens (tertiary/aromatic N) is 4. The van der Waals surface area contributed by atoms with Crippen LogP contribution in [-0.4, -0.2) is 36.2 Å². The Morgan fingerprint density at radius 2 is 1.70 bits per heavy atom. The maximum atomic E-state index is 13.7. The van der Waals surface area contributed by atoms with Crippen molar-refractivity contribution in [2.24, 2.45) is 0 Å². The molecule has 206 valence electrons. The molecule has 2 heterocycles. The molecule has 1 aliphatic rings. The number of aryl methyl sites for hydroxylation is 1. The van der Waals surface area contributed by atoms with Gasteiger partial charge in [-0.1, -0.05) is 54.6 Å².